The van der Waals surface area contributed by atoms with Gasteiger partial charge in [0.25, 0.3) is 5.56 Å². The van der Waals surface area contributed by atoms with Gasteiger partial charge in [0.15, 0.2) is 4.80 Å². The van der Waals surface area contributed by atoms with Crippen LogP contribution in [0.4, 0.5) is 0 Å². The number of carbonyl (C=O) groups is 2. The lowest BCUT2D eigenvalue weighted by Gasteiger charge is -2.25. The van der Waals surface area contributed by atoms with Gasteiger partial charge in [0.1, 0.15) is 12.4 Å². The highest BCUT2D eigenvalue weighted by molar-refractivity contribution is 14.1. The van der Waals surface area contributed by atoms with Crippen LogP contribution in [0, 0.1) is 7.14 Å². The first-order valence-corrected chi connectivity index (χ1v) is 18.5. The van der Waals surface area contributed by atoms with Crippen molar-refractivity contribution in [3.8, 4) is 5.75 Å². The quantitative estimate of drug-likeness (QED) is 0.112. The van der Waals surface area contributed by atoms with Crippen molar-refractivity contribution in [1.82, 2.24) is 4.57 Å². The summed E-state index contributed by atoms with van der Waals surface area (Å²) in [6.45, 7) is 4.27. The first-order chi connectivity index (χ1) is 23.8. The third-order valence-electron chi connectivity index (χ3n) is 7.66. The summed E-state index contributed by atoms with van der Waals surface area (Å²) in [4.78, 5) is 45.6. The molecular weight excluding hydrogens is 866 g/mol. The normalized spacial score (nSPS) is 14.2. The van der Waals surface area contributed by atoms with Crippen LogP contribution in [0.15, 0.2) is 112 Å². The van der Waals surface area contributed by atoms with E-state index in [4.69, 9.17) is 19.2 Å². The summed E-state index contributed by atoms with van der Waals surface area (Å²) in [5.74, 6) is -0.268. The maximum Gasteiger partial charge on any atom is 0.338 e. The van der Waals surface area contributed by atoms with Crippen LogP contribution in [-0.4, -0.2) is 29.7 Å². The van der Waals surface area contributed by atoms with Crippen molar-refractivity contribution in [2.24, 2.45) is 4.99 Å². The Hall–Kier alpha value is -4.08. The zero-order chi connectivity index (χ0) is 34.5. The second-order valence-electron chi connectivity index (χ2n) is 10.9. The Labute approximate surface area is 314 Å². The van der Waals surface area contributed by atoms with Crippen LogP contribution in [0.5, 0.6) is 5.75 Å². The van der Waals surface area contributed by atoms with Gasteiger partial charge in [0.05, 0.1) is 44.2 Å². The van der Waals surface area contributed by atoms with E-state index < -0.39 is 12.0 Å². The summed E-state index contributed by atoms with van der Waals surface area (Å²) in [6.07, 6.45) is 1.83. The van der Waals surface area contributed by atoms with Crippen molar-refractivity contribution < 1.29 is 23.8 Å². The standard InChI is InChI=1S/C38H30I2N2O6S/c1-3-46-36(44)26-17-15-23(16-18-26)22-48-34-27(19-28(39)21-29(34)40)20-30-35(43)42-33(25-13-9-6-10-14-25)31(37(45)47-4-2)32(41-38(42)49-30)24-11-7-5-8-12-24/h5-21,33H,3-4,22H2,1-2H3/b30-20-/t33-/m0/s1. The molecule has 1 aliphatic heterocycles. The molecule has 1 aliphatic rings. The maximum atomic E-state index is 14.4. The highest BCUT2D eigenvalue weighted by Gasteiger charge is 2.35. The zero-order valence-corrected chi connectivity index (χ0v) is 31.7. The summed E-state index contributed by atoms with van der Waals surface area (Å²) in [7, 11) is 0. The number of carbonyl (C=O) groups excluding carboxylic acids is 2. The summed E-state index contributed by atoms with van der Waals surface area (Å²) in [5, 5.41) is 0. The number of hydrogen-bond acceptors (Lipinski definition) is 8. The molecule has 2 heterocycles. The number of aromatic nitrogens is 1. The third-order valence-corrected chi connectivity index (χ3v) is 10.1. The van der Waals surface area contributed by atoms with Crippen LogP contribution in [0.1, 0.15) is 52.5 Å². The van der Waals surface area contributed by atoms with Crippen LogP contribution in [0.25, 0.3) is 11.8 Å². The molecule has 248 valence electrons. The van der Waals surface area contributed by atoms with Gasteiger partial charge in [-0.15, -0.1) is 0 Å². The van der Waals surface area contributed by atoms with Gasteiger partial charge in [-0.1, -0.05) is 84.1 Å². The fraction of sp³-hybridized carbons (Fsp3) is 0.158. The van der Waals surface area contributed by atoms with Crippen LogP contribution < -0.4 is 19.6 Å². The van der Waals surface area contributed by atoms with E-state index in [1.165, 1.54) is 11.3 Å². The van der Waals surface area contributed by atoms with Gasteiger partial charge in [0.2, 0.25) is 0 Å². The number of benzene rings is 4. The number of halogens is 2. The van der Waals surface area contributed by atoms with E-state index in [0.29, 0.717) is 38.5 Å². The van der Waals surface area contributed by atoms with Gasteiger partial charge in [-0.2, -0.15) is 0 Å². The number of rotatable bonds is 10. The van der Waals surface area contributed by atoms with Gasteiger partial charge in [-0.05, 0) is 100 Å². The Morgan fingerprint density at radius 3 is 2.20 bits per heavy atom. The van der Waals surface area contributed by atoms with Crippen molar-refractivity contribution >= 4 is 80.2 Å². The SMILES string of the molecule is CCOC(=O)C1=C(c2ccccc2)N=c2s/c(=C\c3cc(I)cc(I)c3OCc3ccc(C(=O)OCC)cc3)c(=O)n2[C@H]1c1ccccc1. The summed E-state index contributed by atoms with van der Waals surface area (Å²) in [6, 6.07) is 29.3. The Morgan fingerprint density at radius 1 is 0.878 bits per heavy atom. The molecule has 0 N–H and O–H groups in total. The first-order valence-electron chi connectivity index (χ1n) is 15.5. The molecule has 5 aromatic rings. The molecule has 0 fully saturated rings. The highest BCUT2D eigenvalue weighted by Crippen LogP contribution is 2.35. The summed E-state index contributed by atoms with van der Waals surface area (Å²) >= 11 is 5.75. The van der Waals surface area contributed by atoms with E-state index in [1.807, 2.05) is 91.0 Å². The fourth-order valence-corrected chi connectivity index (χ4v) is 8.52. The topological polar surface area (TPSA) is 96.2 Å². The minimum atomic E-state index is -0.752. The van der Waals surface area contributed by atoms with Crippen molar-refractivity contribution in [3.05, 3.63) is 157 Å². The second kappa shape index (κ2) is 15.6. The molecule has 0 saturated carbocycles. The van der Waals surface area contributed by atoms with Crippen LogP contribution in [-0.2, 0) is 20.9 Å². The average molecular weight is 897 g/mol. The lowest BCUT2D eigenvalue weighted by Crippen LogP contribution is -2.40. The van der Waals surface area contributed by atoms with Crippen LogP contribution in [0.3, 0.4) is 0 Å². The minimum absolute atomic E-state index is 0.180. The van der Waals surface area contributed by atoms with E-state index in [1.54, 1.807) is 30.5 Å². The lowest BCUT2D eigenvalue weighted by molar-refractivity contribution is -0.138. The second-order valence-corrected chi connectivity index (χ2v) is 14.3. The molecule has 8 nitrogen and oxygen atoms in total. The molecule has 0 saturated heterocycles. The molecule has 4 aromatic carbocycles. The Morgan fingerprint density at radius 2 is 1.53 bits per heavy atom. The van der Waals surface area contributed by atoms with Gasteiger partial charge in [-0.3, -0.25) is 9.36 Å². The number of fused-ring (bicyclic) bond motifs is 1. The predicted molar refractivity (Wildman–Crippen MR) is 206 cm³/mol. The summed E-state index contributed by atoms with van der Waals surface area (Å²) in [5.41, 5.74) is 4.10. The average Bonchev–Trinajstić information content (AvgIpc) is 3.42. The zero-order valence-electron chi connectivity index (χ0n) is 26.5. The number of thiazole rings is 1. The highest BCUT2D eigenvalue weighted by atomic mass is 127. The Kier molecular flexibility index (Phi) is 11.1. The molecule has 0 radical (unpaired) electrons. The maximum absolute atomic E-state index is 14.4. The van der Waals surface area contributed by atoms with E-state index >= 15 is 0 Å². The first kappa shape index (κ1) is 34.8. The van der Waals surface area contributed by atoms with E-state index in [0.717, 1.165) is 29.4 Å². The monoisotopic (exact) mass is 896 g/mol. The smallest absolute Gasteiger partial charge is 0.338 e. The third kappa shape index (κ3) is 7.58. The molecule has 1 atom stereocenters. The molecule has 0 aliphatic carbocycles. The Bertz CT molecular complexity index is 2230. The molecule has 6 rings (SSSR count). The minimum Gasteiger partial charge on any atom is -0.487 e. The predicted octanol–water partition coefficient (Wildman–Crippen LogP) is 6.90. The van der Waals surface area contributed by atoms with Crippen molar-refractivity contribution in [2.75, 3.05) is 13.2 Å². The molecule has 0 bridgehead atoms. The number of ether oxygens (including phenoxy) is 3. The van der Waals surface area contributed by atoms with E-state index in [-0.39, 0.29) is 24.7 Å². The molecule has 1 aromatic heterocycles. The van der Waals surface area contributed by atoms with Gasteiger partial charge in [-0.25, -0.2) is 14.6 Å². The molecule has 49 heavy (non-hydrogen) atoms. The summed E-state index contributed by atoms with van der Waals surface area (Å²) < 4.78 is 20.9. The molecule has 0 unspecified atom stereocenters. The van der Waals surface area contributed by atoms with Gasteiger partial charge in [0, 0.05) is 14.7 Å². The molecular formula is C38H30I2N2O6S. The largest absolute Gasteiger partial charge is 0.487 e. The number of esters is 2. The van der Waals surface area contributed by atoms with E-state index in [2.05, 4.69) is 45.2 Å². The van der Waals surface area contributed by atoms with Crippen molar-refractivity contribution in [1.29, 1.82) is 0 Å². The molecule has 0 spiro atoms. The van der Waals surface area contributed by atoms with Gasteiger partial charge < -0.3 is 14.2 Å². The molecule has 11 heteroatoms. The number of hydrogen-bond donors (Lipinski definition) is 0. The number of nitrogens with zero attached hydrogens (tertiary/aromatic N) is 2. The Balaban J connectivity index is 1.47. The van der Waals surface area contributed by atoms with Crippen LogP contribution >= 0.6 is 56.5 Å². The lowest BCUT2D eigenvalue weighted by atomic mass is 9.93. The van der Waals surface area contributed by atoms with Crippen LogP contribution in [0.2, 0.25) is 0 Å². The van der Waals surface area contributed by atoms with Crippen molar-refractivity contribution in [2.45, 2.75) is 26.5 Å². The van der Waals surface area contributed by atoms with Gasteiger partial charge >= 0.3 is 11.9 Å². The van der Waals surface area contributed by atoms with Crippen molar-refractivity contribution in [3.63, 3.8) is 0 Å². The fourth-order valence-electron chi connectivity index (χ4n) is 5.48. The van der Waals surface area contributed by atoms with E-state index in [9.17, 15) is 14.4 Å². The molecule has 0 amide bonds.